The fraction of sp³-hybridized carbons (Fsp3) is 0.950. The molecule has 4 nitrogen and oxygen atoms in total. The highest BCUT2D eigenvalue weighted by molar-refractivity contribution is 5.79. The Balaban J connectivity index is 3.15. The van der Waals surface area contributed by atoms with Gasteiger partial charge in [-0.05, 0) is 6.42 Å². The number of aliphatic imine (C=N–C) groups is 1. The Kier molecular flexibility index (Phi) is 19.6. The molecular formula is C20H43N3O. The van der Waals surface area contributed by atoms with Crippen molar-refractivity contribution >= 4 is 5.96 Å². The third kappa shape index (κ3) is 17.6. The number of hydrogen-bond acceptors (Lipinski definition) is 2. The number of rotatable bonds is 17. The Morgan fingerprint density at radius 3 is 1.50 bits per heavy atom. The summed E-state index contributed by atoms with van der Waals surface area (Å²) in [6, 6.07) is 0. The normalized spacial score (nSPS) is 11.7. The summed E-state index contributed by atoms with van der Waals surface area (Å²) in [4.78, 5) is 4.11. The van der Waals surface area contributed by atoms with Crippen LogP contribution in [0.3, 0.4) is 0 Å². The summed E-state index contributed by atoms with van der Waals surface area (Å²) >= 11 is 0. The maximum absolute atomic E-state index is 8.77. The molecule has 0 aliphatic heterocycles. The Bertz CT molecular complexity index is 270. The molecule has 0 unspecified atom stereocenters. The van der Waals surface area contributed by atoms with E-state index < -0.39 is 0 Å². The first-order valence-corrected chi connectivity index (χ1v) is 10.4. The van der Waals surface area contributed by atoms with Gasteiger partial charge in [-0.25, -0.2) is 0 Å². The van der Waals surface area contributed by atoms with Gasteiger partial charge in [-0.1, -0.05) is 90.4 Å². The van der Waals surface area contributed by atoms with Crippen LogP contribution in [0.25, 0.3) is 0 Å². The van der Waals surface area contributed by atoms with Crippen molar-refractivity contribution in [2.75, 3.05) is 26.7 Å². The lowest BCUT2D eigenvalue weighted by Gasteiger charge is -2.10. The first-order valence-electron chi connectivity index (χ1n) is 10.4. The van der Waals surface area contributed by atoms with Crippen LogP contribution in [-0.2, 0) is 0 Å². The Hall–Kier alpha value is -0.770. The number of aliphatic hydroxyl groups is 1. The standard InChI is InChI=1S/C20H43N3O/c1-3-4-5-6-7-8-9-10-11-12-13-14-15-16-17-22-20(21-2)23-18-19-24/h24H,3-19H2,1-2H3,(H2,21,22,23). The van der Waals surface area contributed by atoms with Crippen molar-refractivity contribution in [2.45, 2.75) is 96.8 Å². The summed E-state index contributed by atoms with van der Waals surface area (Å²) < 4.78 is 0. The van der Waals surface area contributed by atoms with E-state index in [2.05, 4.69) is 22.5 Å². The highest BCUT2D eigenvalue weighted by Crippen LogP contribution is 2.12. The van der Waals surface area contributed by atoms with Crippen molar-refractivity contribution in [3.8, 4) is 0 Å². The van der Waals surface area contributed by atoms with Gasteiger partial charge in [-0.2, -0.15) is 0 Å². The Morgan fingerprint density at radius 1 is 0.667 bits per heavy atom. The molecule has 24 heavy (non-hydrogen) atoms. The van der Waals surface area contributed by atoms with Crippen LogP contribution in [0.5, 0.6) is 0 Å². The van der Waals surface area contributed by atoms with E-state index in [9.17, 15) is 0 Å². The van der Waals surface area contributed by atoms with Crippen LogP contribution < -0.4 is 10.6 Å². The summed E-state index contributed by atoms with van der Waals surface area (Å²) in [6.45, 7) is 3.94. The van der Waals surface area contributed by atoms with Gasteiger partial charge in [-0.15, -0.1) is 0 Å². The lowest BCUT2D eigenvalue weighted by molar-refractivity contribution is 0.300. The molecule has 0 saturated carbocycles. The van der Waals surface area contributed by atoms with E-state index in [1.165, 1.54) is 89.9 Å². The van der Waals surface area contributed by atoms with Gasteiger partial charge in [0.05, 0.1) is 6.61 Å². The topological polar surface area (TPSA) is 56.7 Å². The highest BCUT2D eigenvalue weighted by Gasteiger charge is 1.96. The SMILES string of the molecule is CCCCCCCCCCCCCCCCNC(=NC)NCCO. The fourth-order valence-electron chi connectivity index (χ4n) is 2.92. The van der Waals surface area contributed by atoms with Crippen LogP contribution in [0.4, 0.5) is 0 Å². The zero-order chi connectivity index (χ0) is 17.7. The molecule has 0 bridgehead atoms. The predicted molar refractivity (Wildman–Crippen MR) is 107 cm³/mol. The van der Waals surface area contributed by atoms with E-state index in [1.807, 2.05) is 0 Å². The van der Waals surface area contributed by atoms with Crippen LogP contribution in [-0.4, -0.2) is 37.8 Å². The second kappa shape index (κ2) is 20.3. The molecule has 0 fully saturated rings. The van der Waals surface area contributed by atoms with Crippen LogP contribution in [0.1, 0.15) is 96.8 Å². The summed E-state index contributed by atoms with van der Waals surface area (Å²) in [5.74, 6) is 0.791. The molecule has 0 radical (unpaired) electrons. The van der Waals surface area contributed by atoms with Gasteiger partial charge in [0.2, 0.25) is 0 Å². The molecule has 0 saturated heterocycles. The summed E-state index contributed by atoms with van der Waals surface area (Å²) in [5, 5.41) is 15.1. The molecule has 0 amide bonds. The van der Waals surface area contributed by atoms with Crippen LogP contribution in [0.15, 0.2) is 4.99 Å². The van der Waals surface area contributed by atoms with E-state index >= 15 is 0 Å². The van der Waals surface area contributed by atoms with Crippen LogP contribution in [0.2, 0.25) is 0 Å². The van der Waals surface area contributed by atoms with Crippen molar-refractivity contribution in [3.63, 3.8) is 0 Å². The summed E-state index contributed by atoms with van der Waals surface area (Å²) in [5.41, 5.74) is 0. The molecule has 0 aromatic rings. The zero-order valence-corrected chi connectivity index (χ0v) is 16.4. The van der Waals surface area contributed by atoms with Gasteiger partial charge in [0.15, 0.2) is 5.96 Å². The quantitative estimate of drug-likeness (QED) is 0.205. The number of hydrogen-bond donors (Lipinski definition) is 3. The minimum absolute atomic E-state index is 0.138. The maximum Gasteiger partial charge on any atom is 0.191 e. The van der Waals surface area contributed by atoms with Gasteiger partial charge < -0.3 is 15.7 Å². The lowest BCUT2D eigenvalue weighted by atomic mass is 10.0. The van der Waals surface area contributed by atoms with E-state index in [0.717, 1.165) is 12.5 Å². The molecule has 3 N–H and O–H groups in total. The average Bonchev–Trinajstić information content (AvgIpc) is 2.61. The van der Waals surface area contributed by atoms with Crippen molar-refractivity contribution in [2.24, 2.45) is 4.99 Å². The van der Waals surface area contributed by atoms with Gasteiger partial charge >= 0.3 is 0 Å². The first-order chi connectivity index (χ1) is 11.8. The minimum Gasteiger partial charge on any atom is -0.395 e. The van der Waals surface area contributed by atoms with Crippen LogP contribution in [0, 0.1) is 0 Å². The van der Waals surface area contributed by atoms with E-state index in [1.54, 1.807) is 7.05 Å². The number of guanidine groups is 1. The van der Waals surface area contributed by atoms with E-state index in [0.29, 0.717) is 6.54 Å². The monoisotopic (exact) mass is 341 g/mol. The zero-order valence-electron chi connectivity index (χ0n) is 16.4. The summed E-state index contributed by atoms with van der Waals surface area (Å²) in [7, 11) is 1.76. The second-order valence-corrected chi connectivity index (χ2v) is 6.75. The minimum atomic E-state index is 0.138. The number of unbranched alkanes of at least 4 members (excludes halogenated alkanes) is 13. The second-order valence-electron chi connectivity index (χ2n) is 6.75. The van der Waals surface area contributed by atoms with Crippen molar-refractivity contribution < 1.29 is 5.11 Å². The summed E-state index contributed by atoms with van der Waals surface area (Å²) in [6.07, 6.45) is 19.5. The molecule has 0 aliphatic carbocycles. The number of nitrogens with zero attached hydrogens (tertiary/aromatic N) is 1. The van der Waals surface area contributed by atoms with Crippen molar-refractivity contribution in [1.82, 2.24) is 10.6 Å². The molecule has 0 heterocycles. The first kappa shape index (κ1) is 23.2. The fourth-order valence-corrected chi connectivity index (χ4v) is 2.92. The molecule has 144 valence electrons. The van der Waals surface area contributed by atoms with E-state index in [-0.39, 0.29) is 6.61 Å². The van der Waals surface area contributed by atoms with Crippen LogP contribution >= 0.6 is 0 Å². The predicted octanol–water partition coefficient (Wildman–Crippen LogP) is 4.63. The number of nitrogens with one attached hydrogen (secondary N) is 2. The smallest absolute Gasteiger partial charge is 0.191 e. The largest absolute Gasteiger partial charge is 0.395 e. The molecular weight excluding hydrogens is 298 g/mol. The van der Waals surface area contributed by atoms with Gasteiger partial charge in [-0.3, -0.25) is 4.99 Å². The third-order valence-corrected chi connectivity index (χ3v) is 4.45. The van der Waals surface area contributed by atoms with E-state index in [4.69, 9.17) is 5.11 Å². The molecule has 0 rings (SSSR count). The average molecular weight is 342 g/mol. The van der Waals surface area contributed by atoms with Gasteiger partial charge in [0.25, 0.3) is 0 Å². The molecule has 4 heteroatoms. The van der Waals surface area contributed by atoms with Gasteiger partial charge in [0.1, 0.15) is 0 Å². The number of aliphatic hydroxyl groups excluding tert-OH is 1. The lowest BCUT2D eigenvalue weighted by Crippen LogP contribution is -2.39. The highest BCUT2D eigenvalue weighted by atomic mass is 16.3. The molecule has 0 atom stereocenters. The molecule has 0 spiro atoms. The third-order valence-electron chi connectivity index (χ3n) is 4.45. The van der Waals surface area contributed by atoms with Crippen molar-refractivity contribution in [1.29, 1.82) is 0 Å². The molecule has 0 aromatic heterocycles. The van der Waals surface area contributed by atoms with Gasteiger partial charge in [0, 0.05) is 20.1 Å². The maximum atomic E-state index is 8.77. The Labute approximate surface area is 150 Å². The van der Waals surface area contributed by atoms with Crippen molar-refractivity contribution in [3.05, 3.63) is 0 Å². The molecule has 0 aromatic carbocycles. The molecule has 0 aliphatic rings. The Morgan fingerprint density at radius 2 is 1.08 bits per heavy atom.